The lowest BCUT2D eigenvalue weighted by atomic mass is 10.2. The first-order valence-electron chi connectivity index (χ1n) is 8.18. The Labute approximate surface area is 188 Å². The van der Waals surface area contributed by atoms with Crippen LogP contribution in [0, 0.1) is 10.1 Å². The molecule has 0 fully saturated rings. The predicted octanol–water partition coefficient (Wildman–Crippen LogP) is 6.19. The van der Waals surface area contributed by atoms with Gasteiger partial charge in [-0.05, 0) is 57.4 Å². The largest absolute Gasteiger partial charge is 0.486 e. The van der Waals surface area contributed by atoms with Crippen LogP contribution in [0.15, 0.2) is 68.8 Å². The third-order valence-electron chi connectivity index (χ3n) is 3.67. The number of rotatable bonds is 7. The molecule has 29 heavy (non-hydrogen) atoms. The van der Waals surface area contributed by atoms with Gasteiger partial charge in [0.15, 0.2) is 5.75 Å². The first kappa shape index (κ1) is 21.2. The van der Waals surface area contributed by atoms with Gasteiger partial charge in [-0.2, -0.15) is 5.10 Å². The van der Waals surface area contributed by atoms with Crippen LogP contribution < -0.4 is 10.2 Å². The van der Waals surface area contributed by atoms with Crippen molar-refractivity contribution in [3.8, 4) is 5.75 Å². The molecule has 10 heteroatoms. The summed E-state index contributed by atoms with van der Waals surface area (Å²) >= 11 is 13.2. The Hall–Kier alpha value is -2.49. The number of ether oxygens (including phenoxy) is 1. The molecule has 0 unspecified atom stereocenters. The standard InChI is InChI=1S/C19H13Br2ClN4O3/c20-14-3-1-12(2-4-14)11-29-19-16(21)7-13(8-17(19)22)9-24-25-18-6-5-15(10-23-18)26(27)28/h1-10H,11H2,(H,23,25)/b24-9+. The highest BCUT2D eigenvalue weighted by Crippen LogP contribution is 2.34. The summed E-state index contributed by atoms with van der Waals surface area (Å²) in [7, 11) is 0. The molecule has 0 aliphatic carbocycles. The minimum atomic E-state index is -0.514. The number of hydrogen-bond donors (Lipinski definition) is 1. The monoisotopic (exact) mass is 538 g/mol. The van der Waals surface area contributed by atoms with Gasteiger partial charge in [-0.25, -0.2) is 4.98 Å². The minimum absolute atomic E-state index is 0.0889. The molecule has 0 atom stereocenters. The molecule has 0 aliphatic rings. The number of halogens is 3. The molecule has 0 saturated heterocycles. The molecule has 0 amide bonds. The molecule has 3 aromatic rings. The first-order chi connectivity index (χ1) is 13.9. The molecular weight excluding hydrogens is 527 g/mol. The summed E-state index contributed by atoms with van der Waals surface area (Å²) in [4.78, 5) is 14.0. The van der Waals surface area contributed by atoms with E-state index in [4.69, 9.17) is 16.3 Å². The SMILES string of the molecule is O=[N+]([O-])c1ccc(N/N=C/c2cc(Cl)c(OCc3ccc(Br)cc3)c(Br)c2)nc1. The zero-order chi connectivity index (χ0) is 20.8. The van der Waals surface area contributed by atoms with E-state index in [-0.39, 0.29) is 5.69 Å². The maximum absolute atomic E-state index is 10.6. The van der Waals surface area contributed by atoms with Crippen molar-refractivity contribution in [2.75, 3.05) is 5.43 Å². The number of pyridine rings is 1. The number of hydrogen-bond acceptors (Lipinski definition) is 6. The molecule has 1 N–H and O–H groups in total. The molecule has 0 spiro atoms. The van der Waals surface area contributed by atoms with Gasteiger partial charge < -0.3 is 4.74 Å². The van der Waals surface area contributed by atoms with E-state index in [9.17, 15) is 10.1 Å². The van der Waals surface area contributed by atoms with Crippen molar-refractivity contribution in [1.29, 1.82) is 0 Å². The Morgan fingerprint density at radius 3 is 2.59 bits per heavy atom. The average Bonchev–Trinajstić information content (AvgIpc) is 2.69. The first-order valence-corrected chi connectivity index (χ1v) is 10.1. The Balaban J connectivity index is 1.64. The fourth-order valence-electron chi connectivity index (χ4n) is 2.26. The second-order valence-electron chi connectivity index (χ2n) is 5.76. The van der Waals surface area contributed by atoms with Crippen molar-refractivity contribution >= 4 is 61.2 Å². The van der Waals surface area contributed by atoms with E-state index in [1.165, 1.54) is 12.1 Å². The van der Waals surface area contributed by atoms with E-state index in [1.807, 2.05) is 30.3 Å². The third-order valence-corrected chi connectivity index (χ3v) is 5.07. The summed E-state index contributed by atoms with van der Waals surface area (Å²) in [6, 6.07) is 14.2. The number of aromatic nitrogens is 1. The van der Waals surface area contributed by atoms with E-state index < -0.39 is 4.92 Å². The van der Waals surface area contributed by atoms with Gasteiger partial charge in [0, 0.05) is 10.5 Å². The number of nitrogens with zero attached hydrogens (tertiary/aromatic N) is 3. The lowest BCUT2D eigenvalue weighted by Crippen LogP contribution is -1.98. The fourth-order valence-corrected chi connectivity index (χ4v) is 3.51. The van der Waals surface area contributed by atoms with Crippen LogP contribution in [0.3, 0.4) is 0 Å². The van der Waals surface area contributed by atoms with Crippen molar-refractivity contribution in [3.05, 3.63) is 89.9 Å². The Kier molecular flexibility index (Phi) is 7.18. The number of nitrogens with one attached hydrogen (secondary N) is 1. The van der Waals surface area contributed by atoms with Crippen LogP contribution in [0.2, 0.25) is 5.02 Å². The van der Waals surface area contributed by atoms with Crippen molar-refractivity contribution in [2.24, 2.45) is 5.10 Å². The summed E-state index contributed by atoms with van der Waals surface area (Å²) in [6.07, 6.45) is 2.71. The highest BCUT2D eigenvalue weighted by atomic mass is 79.9. The smallest absolute Gasteiger partial charge is 0.287 e. The third kappa shape index (κ3) is 5.99. The zero-order valence-corrected chi connectivity index (χ0v) is 18.6. The minimum Gasteiger partial charge on any atom is -0.486 e. The molecule has 0 radical (unpaired) electrons. The van der Waals surface area contributed by atoms with Gasteiger partial charge in [-0.3, -0.25) is 15.5 Å². The molecule has 7 nitrogen and oxygen atoms in total. The molecule has 0 saturated carbocycles. The molecule has 1 aromatic heterocycles. The Morgan fingerprint density at radius 2 is 1.97 bits per heavy atom. The van der Waals surface area contributed by atoms with Gasteiger partial charge in [-0.15, -0.1) is 0 Å². The normalized spacial score (nSPS) is 10.9. The average molecular weight is 541 g/mol. The quantitative estimate of drug-likeness (QED) is 0.219. The van der Waals surface area contributed by atoms with Crippen molar-refractivity contribution in [1.82, 2.24) is 4.98 Å². The van der Waals surface area contributed by atoms with Crippen molar-refractivity contribution in [3.63, 3.8) is 0 Å². The van der Waals surface area contributed by atoms with Crippen molar-refractivity contribution < 1.29 is 9.66 Å². The van der Waals surface area contributed by atoms with Gasteiger partial charge in [0.2, 0.25) is 0 Å². The summed E-state index contributed by atoms with van der Waals surface area (Å²) in [6.45, 7) is 0.381. The molecule has 3 rings (SSSR count). The van der Waals surface area contributed by atoms with Gasteiger partial charge in [0.1, 0.15) is 18.6 Å². The highest BCUT2D eigenvalue weighted by Gasteiger charge is 2.09. The lowest BCUT2D eigenvalue weighted by Gasteiger charge is -2.11. The summed E-state index contributed by atoms with van der Waals surface area (Å²) in [5.41, 5.74) is 4.36. The van der Waals surface area contributed by atoms with Crippen LogP contribution in [0.25, 0.3) is 0 Å². The number of benzene rings is 2. The van der Waals surface area contributed by atoms with E-state index in [2.05, 4.69) is 47.4 Å². The lowest BCUT2D eigenvalue weighted by molar-refractivity contribution is -0.385. The maximum Gasteiger partial charge on any atom is 0.287 e. The molecular formula is C19H13Br2ClN4O3. The van der Waals surface area contributed by atoms with Crippen LogP contribution in [0.4, 0.5) is 11.5 Å². The predicted molar refractivity (Wildman–Crippen MR) is 120 cm³/mol. The molecule has 148 valence electrons. The van der Waals surface area contributed by atoms with Gasteiger partial charge >= 0.3 is 0 Å². The zero-order valence-electron chi connectivity index (χ0n) is 14.7. The van der Waals surface area contributed by atoms with Gasteiger partial charge in [0.25, 0.3) is 5.69 Å². The molecule has 0 aliphatic heterocycles. The number of anilines is 1. The molecule has 2 aromatic carbocycles. The van der Waals surface area contributed by atoms with E-state index in [0.29, 0.717) is 27.7 Å². The maximum atomic E-state index is 10.6. The van der Waals surface area contributed by atoms with Crippen LogP contribution in [0.1, 0.15) is 11.1 Å². The number of hydrazone groups is 1. The van der Waals surface area contributed by atoms with Gasteiger partial charge in [-0.1, -0.05) is 39.7 Å². The second-order valence-corrected chi connectivity index (χ2v) is 7.93. The van der Waals surface area contributed by atoms with Crippen LogP contribution >= 0.6 is 43.5 Å². The summed E-state index contributed by atoms with van der Waals surface area (Å²) in [5.74, 6) is 0.920. The Bertz CT molecular complexity index is 1020. The van der Waals surface area contributed by atoms with E-state index in [1.54, 1.807) is 12.3 Å². The fraction of sp³-hybridized carbons (Fsp3) is 0.0526. The highest BCUT2D eigenvalue weighted by molar-refractivity contribution is 9.10. The van der Waals surface area contributed by atoms with Gasteiger partial charge in [0.05, 0.1) is 20.6 Å². The van der Waals surface area contributed by atoms with E-state index >= 15 is 0 Å². The van der Waals surface area contributed by atoms with Crippen molar-refractivity contribution in [2.45, 2.75) is 6.61 Å². The summed E-state index contributed by atoms with van der Waals surface area (Å²) in [5, 5.41) is 15.1. The second kappa shape index (κ2) is 9.82. The molecule has 1 heterocycles. The van der Waals surface area contributed by atoms with Crippen LogP contribution in [0.5, 0.6) is 5.75 Å². The van der Waals surface area contributed by atoms with Crippen LogP contribution in [-0.4, -0.2) is 16.1 Å². The Morgan fingerprint density at radius 1 is 1.21 bits per heavy atom. The summed E-state index contributed by atoms with van der Waals surface area (Å²) < 4.78 is 7.53. The number of nitro groups is 1. The van der Waals surface area contributed by atoms with E-state index in [0.717, 1.165) is 21.8 Å². The molecule has 0 bridgehead atoms. The van der Waals surface area contributed by atoms with Crippen LogP contribution in [-0.2, 0) is 6.61 Å². The topological polar surface area (TPSA) is 89.7 Å².